The molecular weight excluding hydrogens is 202 g/mol. The molecule has 0 unspecified atom stereocenters. The van der Waals surface area contributed by atoms with Crippen LogP contribution < -0.4 is 0 Å². The molecule has 1 rings (SSSR count). The molecule has 1 aliphatic heterocycles. The summed E-state index contributed by atoms with van der Waals surface area (Å²) in [4.78, 5) is 18.0. The minimum absolute atomic E-state index is 0.175. The standard InChI is InChI=1S/C12H23N3O/c1-12(2,3)14(5)10-11(16)15-8-6-13(4)7-9-15/h1H,6-10H2,2-5H3. The van der Waals surface area contributed by atoms with Gasteiger partial charge in [-0.2, -0.15) is 0 Å². The van der Waals surface area contributed by atoms with Crippen LogP contribution in [0.1, 0.15) is 13.8 Å². The van der Waals surface area contributed by atoms with E-state index in [0.717, 1.165) is 26.2 Å². The summed E-state index contributed by atoms with van der Waals surface area (Å²) in [5.41, 5.74) is -0.442. The Morgan fingerprint density at radius 1 is 1.31 bits per heavy atom. The fourth-order valence-electron chi connectivity index (χ4n) is 1.56. The average Bonchev–Trinajstić information content (AvgIpc) is 2.17. The van der Waals surface area contributed by atoms with Crippen LogP contribution in [0, 0.1) is 6.92 Å². The van der Waals surface area contributed by atoms with Crippen molar-refractivity contribution >= 4 is 5.91 Å². The van der Waals surface area contributed by atoms with E-state index >= 15 is 0 Å². The molecule has 0 aromatic rings. The highest BCUT2D eigenvalue weighted by Crippen LogP contribution is 2.10. The lowest BCUT2D eigenvalue weighted by molar-refractivity contribution is -0.134. The van der Waals surface area contributed by atoms with Crippen LogP contribution >= 0.6 is 0 Å². The summed E-state index contributed by atoms with van der Waals surface area (Å²) in [6, 6.07) is 0. The van der Waals surface area contributed by atoms with Gasteiger partial charge in [0.05, 0.1) is 6.54 Å². The smallest absolute Gasteiger partial charge is 0.236 e. The fraction of sp³-hybridized carbons (Fsp3) is 0.833. The van der Waals surface area contributed by atoms with Gasteiger partial charge in [-0.15, -0.1) is 0 Å². The van der Waals surface area contributed by atoms with Crippen LogP contribution in [0.2, 0.25) is 0 Å². The third-order valence-corrected chi connectivity index (χ3v) is 3.21. The van der Waals surface area contributed by atoms with E-state index < -0.39 is 5.54 Å². The molecule has 1 saturated heterocycles. The number of carbonyl (C=O) groups is 1. The van der Waals surface area contributed by atoms with Crippen molar-refractivity contribution in [2.24, 2.45) is 0 Å². The molecule has 0 spiro atoms. The Morgan fingerprint density at radius 3 is 2.25 bits per heavy atom. The van der Waals surface area contributed by atoms with Gasteiger partial charge in [0, 0.05) is 31.7 Å². The van der Waals surface area contributed by atoms with E-state index in [1.807, 2.05) is 30.7 Å². The van der Waals surface area contributed by atoms with Gasteiger partial charge < -0.3 is 9.80 Å². The van der Waals surface area contributed by atoms with Gasteiger partial charge in [-0.25, -0.2) is 0 Å². The number of rotatable bonds is 3. The molecule has 0 saturated carbocycles. The quantitative estimate of drug-likeness (QED) is 0.685. The molecule has 1 aliphatic rings. The van der Waals surface area contributed by atoms with Crippen LogP contribution in [0.3, 0.4) is 0 Å². The lowest BCUT2D eigenvalue weighted by atomic mass is 10.1. The second kappa shape index (κ2) is 5.15. The Bertz CT molecular complexity index is 239. The topological polar surface area (TPSA) is 26.8 Å². The predicted octanol–water partition coefficient (Wildman–Crippen LogP) is 0.182. The highest BCUT2D eigenvalue weighted by Gasteiger charge is 2.24. The summed E-state index contributed by atoms with van der Waals surface area (Å²) in [5.74, 6) is 0.175. The molecule has 4 nitrogen and oxygen atoms in total. The zero-order valence-corrected chi connectivity index (χ0v) is 10.9. The second-order valence-corrected chi connectivity index (χ2v) is 5.19. The van der Waals surface area contributed by atoms with Crippen LogP contribution in [0.4, 0.5) is 0 Å². The number of likely N-dealkylation sites (N-methyl/N-ethyl adjacent to an activating group) is 2. The fourth-order valence-corrected chi connectivity index (χ4v) is 1.56. The number of amides is 1. The van der Waals surface area contributed by atoms with E-state index in [1.165, 1.54) is 0 Å². The van der Waals surface area contributed by atoms with E-state index in [2.05, 4.69) is 11.9 Å². The normalized spacial score (nSPS) is 19.2. The number of hydrogen-bond acceptors (Lipinski definition) is 3. The lowest BCUT2D eigenvalue weighted by Gasteiger charge is -2.36. The van der Waals surface area contributed by atoms with Crippen LogP contribution in [0.25, 0.3) is 0 Å². The molecule has 0 N–H and O–H groups in total. The maximum Gasteiger partial charge on any atom is 0.236 e. The summed E-state index contributed by atoms with van der Waals surface area (Å²) >= 11 is 0. The molecular formula is C12H23N3O. The first kappa shape index (κ1) is 13.5. The van der Waals surface area contributed by atoms with E-state index in [-0.39, 0.29) is 5.91 Å². The Hall–Kier alpha value is -0.610. The van der Waals surface area contributed by atoms with Crippen LogP contribution in [-0.4, -0.2) is 73.0 Å². The molecule has 0 bridgehead atoms. The third kappa shape index (κ3) is 3.76. The number of nitrogens with zero attached hydrogens (tertiary/aromatic N) is 3. The van der Waals surface area contributed by atoms with Crippen LogP contribution in [-0.2, 0) is 4.79 Å². The van der Waals surface area contributed by atoms with Gasteiger partial charge in [0.2, 0.25) is 5.91 Å². The predicted molar refractivity (Wildman–Crippen MR) is 65.1 cm³/mol. The summed E-state index contributed by atoms with van der Waals surface area (Å²) in [6.45, 7) is 13.7. The van der Waals surface area contributed by atoms with Crippen molar-refractivity contribution in [3.8, 4) is 0 Å². The summed E-state index contributed by atoms with van der Waals surface area (Å²) in [5, 5.41) is 0. The van der Waals surface area contributed by atoms with Gasteiger partial charge in [-0.05, 0) is 34.9 Å². The molecule has 0 atom stereocenters. The maximum atomic E-state index is 12.0. The Balaban J connectivity index is 2.41. The number of carbonyl (C=O) groups excluding carboxylic acids is 1. The molecule has 16 heavy (non-hydrogen) atoms. The first-order chi connectivity index (χ1) is 7.30. The highest BCUT2D eigenvalue weighted by molar-refractivity contribution is 5.78. The van der Waals surface area contributed by atoms with Gasteiger partial charge in [-0.3, -0.25) is 9.69 Å². The van der Waals surface area contributed by atoms with Crippen LogP contribution in [0.5, 0.6) is 0 Å². The van der Waals surface area contributed by atoms with Crippen molar-refractivity contribution in [2.45, 2.75) is 19.4 Å². The van der Waals surface area contributed by atoms with E-state index in [4.69, 9.17) is 6.92 Å². The zero-order valence-electron chi connectivity index (χ0n) is 10.9. The van der Waals surface area contributed by atoms with Crippen molar-refractivity contribution in [1.82, 2.24) is 14.7 Å². The van der Waals surface area contributed by atoms with Gasteiger partial charge in [0.1, 0.15) is 0 Å². The van der Waals surface area contributed by atoms with Crippen LogP contribution in [0.15, 0.2) is 0 Å². The molecule has 92 valence electrons. The minimum atomic E-state index is -0.442. The molecule has 1 fully saturated rings. The summed E-state index contributed by atoms with van der Waals surface area (Å²) in [6.07, 6.45) is 0. The van der Waals surface area contributed by atoms with Crippen molar-refractivity contribution < 1.29 is 4.79 Å². The molecule has 1 heterocycles. The second-order valence-electron chi connectivity index (χ2n) is 5.19. The lowest BCUT2D eigenvalue weighted by Crippen LogP contribution is -2.51. The molecule has 0 aromatic carbocycles. The maximum absolute atomic E-state index is 12.0. The largest absolute Gasteiger partial charge is 0.339 e. The zero-order chi connectivity index (χ0) is 12.3. The summed E-state index contributed by atoms with van der Waals surface area (Å²) in [7, 11) is 3.96. The van der Waals surface area contributed by atoms with E-state index in [1.54, 1.807) is 0 Å². The summed E-state index contributed by atoms with van der Waals surface area (Å²) < 4.78 is 0. The van der Waals surface area contributed by atoms with E-state index in [0.29, 0.717) is 6.54 Å². The average molecular weight is 225 g/mol. The molecule has 0 aliphatic carbocycles. The van der Waals surface area contributed by atoms with E-state index in [9.17, 15) is 4.79 Å². The Morgan fingerprint density at radius 2 is 1.81 bits per heavy atom. The molecule has 4 heteroatoms. The molecule has 0 aromatic heterocycles. The third-order valence-electron chi connectivity index (χ3n) is 3.21. The van der Waals surface area contributed by atoms with Crippen molar-refractivity contribution in [3.63, 3.8) is 0 Å². The number of piperazine rings is 1. The highest BCUT2D eigenvalue weighted by atomic mass is 16.2. The Labute approximate surface area is 99.2 Å². The molecule has 2 radical (unpaired) electrons. The monoisotopic (exact) mass is 225 g/mol. The van der Waals surface area contributed by atoms with Gasteiger partial charge in [0.25, 0.3) is 0 Å². The van der Waals surface area contributed by atoms with Gasteiger partial charge >= 0.3 is 0 Å². The van der Waals surface area contributed by atoms with Crippen molar-refractivity contribution in [2.75, 3.05) is 46.8 Å². The molecule has 1 amide bonds. The Kier molecular flexibility index (Phi) is 4.33. The first-order valence-electron chi connectivity index (χ1n) is 5.77. The minimum Gasteiger partial charge on any atom is -0.339 e. The van der Waals surface area contributed by atoms with Gasteiger partial charge in [-0.1, -0.05) is 0 Å². The SMILES string of the molecule is [CH]C(C)(C)N(C)CC(=O)N1CCN(C)CC1. The number of hydrogen-bond donors (Lipinski definition) is 0. The van der Waals surface area contributed by atoms with Crippen molar-refractivity contribution in [3.05, 3.63) is 6.92 Å². The van der Waals surface area contributed by atoms with Gasteiger partial charge in [0.15, 0.2) is 0 Å². The van der Waals surface area contributed by atoms with Crippen molar-refractivity contribution in [1.29, 1.82) is 0 Å². The first-order valence-corrected chi connectivity index (χ1v) is 5.77.